The third-order valence-electron chi connectivity index (χ3n) is 1.77. The maximum atomic E-state index is 6.05. The van der Waals surface area contributed by atoms with Crippen molar-refractivity contribution in [3.05, 3.63) is 33.5 Å². The van der Waals surface area contributed by atoms with E-state index in [0.717, 1.165) is 15.9 Å². The minimum Gasteiger partial charge on any atom is -0.263 e. The highest BCUT2D eigenvalue weighted by molar-refractivity contribution is 9.10. The van der Waals surface area contributed by atoms with Gasteiger partial charge >= 0.3 is 0 Å². The summed E-state index contributed by atoms with van der Waals surface area (Å²) in [6.07, 6.45) is 0. The largest absolute Gasteiger partial charge is 0.263 e. The molecule has 0 amide bonds. The molecule has 72 valence electrons. The third-order valence-corrected chi connectivity index (χ3v) is 2.58. The van der Waals surface area contributed by atoms with Crippen LogP contribution in [0.5, 0.6) is 0 Å². The summed E-state index contributed by atoms with van der Waals surface area (Å²) in [5.41, 5.74) is 0.833. The molecule has 0 spiro atoms. The van der Waals surface area contributed by atoms with Crippen molar-refractivity contribution in [2.24, 2.45) is 0 Å². The van der Waals surface area contributed by atoms with Gasteiger partial charge in [0.05, 0.1) is 5.02 Å². The third kappa shape index (κ3) is 1.81. The predicted molar refractivity (Wildman–Crippen MR) is 59.3 cm³/mol. The number of rotatable bonds is 1. The van der Waals surface area contributed by atoms with Crippen molar-refractivity contribution < 1.29 is 0 Å². The van der Waals surface area contributed by atoms with Crippen molar-refractivity contribution in [2.75, 3.05) is 0 Å². The number of benzene rings is 1. The average molecular weight is 273 g/mol. The molecular formula is C9H7BrClN3. The maximum Gasteiger partial charge on any atom is 0.182 e. The van der Waals surface area contributed by atoms with Crippen molar-refractivity contribution in [1.29, 1.82) is 0 Å². The number of nitrogens with one attached hydrogen (secondary N) is 1. The first-order valence-corrected chi connectivity index (χ1v) is 5.18. The monoisotopic (exact) mass is 271 g/mol. The Balaban J connectivity index is 2.52. The molecule has 2 aromatic rings. The Kier molecular flexibility index (Phi) is 2.56. The summed E-state index contributed by atoms with van der Waals surface area (Å²) in [7, 11) is 0. The number of nitrogens with zero attached hydrogens (tertiary/aromatic N) is 2. The van der Waals surface area contributed by atoms with Gasteiger partial charge in [-0.1, -0.05) is 27.5 Å². The van der Waals surface area contributed by atoms with E-state index in [1.54, 1.807) is 0 Å². The quantitative estimate of drug-likeness (QED) is 0.866. The molecule has 0 aliphatic rings. The molecule has 0 bridgehead atoms. The smallest absolute Gasteiger partial charge is 0.182 e. The van der Waals surface area contributed by atoms with Crippen LogP contribution in [0, 0.1) is 6.92 Å². The van der Waals surface area contributed by atoms with E-state index in [9.17, 15) is 0 Å². The average Bonchev–Trinajstić information content (AvgIpc) is 2.51. The zero-order valence-corrected chi connectivity index (χ0v) is 9.72. The van der Waals surface area contributed by atoms with E-state index in [1.165, 1.54) is 0 Å². The lowest BCUT2D eigenvalue weighted by Gasteiger charge is -1.99. The highest BCUT2D eigenvalue weighted by atomic mass is 79.9. The molecule has 0 aliphatic heterocycles. The van der Waals surface area contributed by atoms with Crippen LogP contribution in [0.25, 0.3) is 11.4 Å². The van der Waals surface area contributed by atoms with Gasteiger partial charge in [0.25, 0.3) is 0 Å². The van der Waals surface area contributed by atoms with Crippen molar-refractivity contribution >= 4 is 27.5 Å². The van der Waals surface area contributed by atoms with Crippen LogP contribution in [0.2, 0.25) is 5.02 Å². The van der Waals surface area contributed by atoms with Crippen LogP contribution in [0.15, 0.2) is 22.7 Å². The summed E-state index contributed by atoms with van der Waals surface area (Å²) in [5.74, 6) is 1.40. The van der Waals surface area contributed by atoms with E-state index in [2.05, 4.69) is 31.1 Å². The summed E-state index contributed by atoms with van der Waals surface area (Å²) in [4.78, 5) is 4.21. The predicted octanol–water partition coefficient (Wildman–Crippen LogP) is 3.20. The Morgan fingerprint density at radius 3 is 2.79 bits per heavy atom. The van der Waals surface area contributed by atoms with Gasteiger partial charge in [0.1, 0.15) is 5.82 Å². The van der Waals surface area contributed by atoms with Crippen molar-refractivity contribution in [3.63, 3.8) is 0 Å². The number of halogens is 2. The van der Waals surface area contributed by atoms with Crippen LogP contribution in [0.4, 0.5) is 0 Å². The number of aryl methyl sites for hydroxylation is 1. The number of hydrogen-bond acceptors (Lipinski definition) is 2. The molecule has 0 unspecified atom stereocenters. The van der Waals surface area contributed by atoms with Gasteiger partial charge < -0.3 is 0 Å². The highest BCUT2D eigenvalue weighted by Gasteiger charge is 2.07. The zero-order chi connectivity index (χ0) is 10.1. The van der Waals surface area contributed by atoms with Gasteiger partial charge in [-0.15, -0.1) is 0 Å². The number of aromatic nitrogens is 3. The van der Waals surface area contributed by atoms with Crippen molar-refractivity contribution in [2.45, 2.75) is 6.92 Å². The Morgan fingerprint density at radius 1 is 1.43 bits per heavy atom. The first-order chi connectivity index (χ1) is 6.66. The number of hydrogen-bond donors (Lipinski definition) is 1. The summed E-state index contributed by atoms with van der Waals surface area (Å²) < 4.78 is 0.943. The lowest BCUT2D eigenvalue weighted by atomic mass is 10.2. The minimum absolute atomic E-state index is 0.625. The van der Waals surface area contributed by atoms with Crippen LogP contribution < -0.4 is 0 Å². The summed E-state index contributed by atoms with van der Waals surface area (Å²) in [5, 5.41) is 7.46. The Labute approximate surface area is 94.6 Å². The molecule has 14 heavy (non-hydrogen) atoms. The summed E-state index contributed by atoms with van der Waals surface area (Å²) in [6, 6.07) is 5.62. The molecule has 0 saturated heterocycles. The molecular weight excluding hydrogens is 265 g/mol. The fourth-order valence-corrected chi connectivity index (χ4v) is 1.89. The Bertz CT molecular complexity index is 467. The van der Waals surface area contributed by atoms with Crippen molar-refractivity contribution in [1.82, 2.24) is 15.2 Å². The lowest BCUT2D eigenvalue weighted by molar-refractivity contribution is 1.04. The van der Waals surface area contributed by atoms with Gasteiger partial charge in [0.2, 0.25) is 0 Å². The Morgan fingerprint density at radius 2 is 2.21 bits per heavy atom. The first-order valence-electron chi connectivity index (χ1n) is 4.01. The van der Waals surface area contributed by atoms with Crippen LogP contribution in [0.3, 0.4) is 0 Å². The lowest BCUT2D eigenvalue weighted by Crippen LogP contribution is -1.82. The molecule has 0 saturated carbocycles. The maximum absolute atomic E-state index is 6.05. The topological polar surface area (TPSA) is 41.6 Å². The van der Waals surface area contributed by atoms with Crippen LogP contribution in [0.1, 0.15) is 5.82 Å². The second-order valence-corrected chi connectivity index (χ2v) is 4.19. The van der Waals surface area contributed by atoms with Crippen LogP contribution in [-0.4, -0.2) is 15.2 Å². The highest BCUT2D eigenvalue weighted by Crippen LogP contribution is 2.27. The molecule has 0 aliphatic carbocycles. The van der Waals surface area contributed by atoms with E-state index in [4.69, 9.17) is 11.6 Å². The summed E-state index contributed by atoms with van der Waals surface area (Å²) in [6.45, 7) is 1.85. The molecule has 0 atom stereocenters. The SMILES string of the molecule is Cc1nc(-c2ccc(Br)cc2Cl)n[nH]1. The second-order valence-electron chi connectivity index (χ2n) is 2.87. The molecule has 5 heteroatoms. The fourth-order valence-electron chi connectivity index (χ4n) is 1.13. The molecule has 0 fully saturated rings. The van der Waals surface area contributed by atoms with E-state index in [0.29, 0.717) is 10.8 Å². The first kappa shape index (κ1) is 9.68. The standard InChI is InChI=1S/C9H7BrClN3/c1-5-12-9(14-13-5)7-3-2-6(10)4-8(7)11/h2-4H,1H3,(H,12,13,14). The van der Waals surface area contributed by atoms with Gasteiger partial charge in [-0.3, -0.25) is 5.10 Å². The minimum atomic E-state index is 0.625. The van der Waals surface area contributed by atoms with Gasteiger partial charge in [-0.2, -0.15) is 5.10 Å². The van der Waals surface area contributed by atoms with Crippen molar-refractivity contribution in [3.8, 4) is 11.4 Å². The van der Waals surface area contributed by atoms with Gasteiger partial charge in [-0.25, -0.2) is 4.98 Å². The van der Waals surface area contributed by atoms with E-state index >= 15 is 0 Å². The van der Waals surface area contributed by atoms with E-state index in [1.807, 2.05) is 25.1 Å². The molecule has 1 aromatic carbocycles. The second kappa shape index (κ2) is 3.71. The summed E-state index contributed by atoms with van der Waals surface area (Å²) >= 11 is 9.39. The normalized spacial score (nSPS) is 10.5. The van der Waals surface area contributed by atoms with E-state index in [-0.39, 0.29) is 0 Å². The molecule has 0 radical (unpaired) electrons. The molecule has 1 N–H and O–H groups in total. The van der Waals surface area contributed by atoms with E-state index < -0.39 is 0 Å². The van der Waals surface area contributed by atoms with Gasteiger partial charge in [-0.05, 0) is 25.1 Å². The fraction of sp³-hybridized carbons (Fsp3) is 0.111. The van der Waals surface area contributed by atoms with Gasteiger partial charge in [0.15, 0.2) is 5.82 Å². The molecule has 1 heterocycles. The molecule has 3 nitrogen and oxygen atoms in total. The molecule has 1 aromatic heterocycles. The van der Waals surface area contributed by atoms with Crippen LogP contribution in [-0.2, 0) is 0 Å². The zero-order valence-electron chi connectivity index (χ0n) is 7.38. The van der Waals surface area contributed by atoms with Crippen LogP contribution >= 0.6 is 27.5 Å². The van der Waals surface area contributed by atoms with Gasteiger partial charge in [0, 0.05) is 10.0 Å². The Hall–Kier alpha value is -0.870. The molecule has 2 rings (SSSR count). The number of aromatic amines is 1. The number of H-pyrrole nitrogens is 1.